The number of fused-ring (bicyclic) bond motifs is 14. The summed E-state index contributed by atoms with van der Waals surface area (Å²) in [5.41, 5.74) is 29.0. The molecular weight excluding hydrogens is 1390 g/mol. The summed E-state index contributed by atoms with van der Waals surface area (Å²) >= 11 is 3.74. The fraction of sp³-hybridized carbons (Fsp3) is 0.0280. The average molecular weight is 1460 g/mol. The number of hydrogen-bond donors (Lipinski definition) is 0. The first-order chi connectivity index (χ1) is 55.3. The number of nitrogens with zero attached hydrogens (tertiary/aromatic N) is 3. The maximum atomic E-state index is 2.54. The summed E-state index contributed by atoms with van der Waals surface area (Å²) in [6, 6.07) is 147. The minimum Gasteiger partial charge on any atom is -0.310 e. The number of anilines is 6. The molecule has 0 radical (unpaired) electrons. The Hall–Kier alpha value is -13.7. The van der Waals surface area contributed by atoms with Crippen LogP contribution in [-0.4, -0.2) is 4.57 Å². The second-order valence-corrected chi connectivity index (χ2v) is 32.4. The Bertz CT molecular complexity index is 7300. The molecule has 526 valence electrons. The Kier molecular flexibility index (Phi) is 15.4. The van der Waals surface area contributed by atoms with Crippen LogP contribution in [0.2, 0.25) is 0 Å². The van der Waals surface area contributed by atoms with Gasteiger partial charge in [0.05, 0.1) is 33.8 Å². The van der Waals surface area contributed by atoms with Crippen molar-refractivity contribution in [3.63, 3.8) is 0 Å². The van der Waals surface area contributed by atoms with Gasteiger partial charge in [-0.3, -0.25) is 0 Å². The molecule has 0 saturated heterocycles. The van der Waals surface area contributed by atoms with Crippen LogP contribution in [0.25, 0.3) is 167 Å². The van der Waals surface area contributed by atoms with Gasteiger partial charge in [0.1, 0.15) is 0 Å². The van der Waals surface area contributed by atoms with Crippen molar-refractivity contribution in [1.82, 2.24) is 4.57 Å². The van der Waals surface area contributed by atoms with Gasteiger partial charge in [-0.25, -0.2) is 0 Å². The SMILES string of the molecule is CC1(C)c2ccccc2-c2cc(-c3ccc4c(c3)sc3cc(N(c5cc(-c6cccc7ccccc67)ccc5-c5ccccc5)c5ccccc5-n5c6ccccc6c6ccccc65)ccc34)cc(-c3ccc(N(c4ccc5c(c4)sc4ccccc45)c4cc(-c5cccc6ccccc56)ccc4-c4ccccc4)cc3)c21. The molecule has 5 heteroatoms. The van der Waals surface area contributed by atoms with Gasteiger partial charge in [-0.15, -0.1) is 22.7 Å². The van der Waals surface area contributed by atoms with Gasteiger partial charge in [0.25, 0.3) is 0 Å². The maximum absolute atomic E-state index is 2.54. The number of rotatable bonds is 13. The number of aromatic nitrogens is 1. The molecular formula is C107H71N3S2. The van der Waals surface area contributed by atoms with Gasteiger partial charge in [-0.05, 0) is 196 Å². The first-order valence-corrected chi connectivity index (χ1v) is 40.2. The van der Waals surface area contributed by atoms with Gasteiger partial charge in [0.15, 0.2) is 0 Å². The monoisotopic (exact) mass is 1460 g/mol. The highest BCUT2D eigenvalue weighted by Crippen LogP contribution is 2.56. The van der Waals surface area contributed by atoms with Gasteiger partial charge in [0.2, 0.25) is 0 Å². The Morgan fingerprint density at radius 3 is 1.29 bits per heavy atom. The highest BCUT2D eigenvalue weighted by molar-refractivity contribution is 7.26. The Morgan fingerprint density at radius 1 is 0.232 bits per heavy atom. The molecule has 0 fully saturated rings. The third kappa shape index (κ3) is 10.7. The Balaban J connectivity index is 0.705. The summed E-state index contributed by atoms with van der Waals surface area (Å²) in [5.74, 6) is 0. The van der Waals surface area contributed by atoms with Crippen molar-refractivity contribution >= 4 is 140 Å². The van der Waals surface area contributed by atoms with Gasteiger partial charge in [0, 0.05) is 84.7 Å². The van der Waals surface area contributed by atoms with Crippen LogP contribution < -0.4 is 9.80 Å². The summed E-state index contributed by atoms with van der Waals surface area (Å²) < 4.78 is 7.48. The molecule has 0 N–H and O–H groups in total. The zero-order valence-electron chi connectivity index (χ0n) is 61.7. The van der Waals surface area contributed by atoms with E-state index in [1.54, 1.807) is 0 Å². The lowest BCUT2D eigenvalue weighted by molar-refractivity contribution is 0.662. The van der Waals surface area contributed by atoms with E-state index in [0.29, 0.717) is 0 Å². The van der Waals surface area contributed by atoms with Crippen LogP contribution in [0, 0.1) is 0 Å². The second kappa shape index (κ2) is 26.3. The first kappa shape index (κ1) is 65.4. The van der Waals surface area contributed by atoms with E-state index in [9.17, 15) is 0 Å². The summed E-state index contributed by atoms with van der Waals surface area (Å²) in [6.07, 6.45) is 0. The second-order valence-electron chi connectivity index (χ2n) is 30.2. The molecule has 0 aliphatic heterocycles. The molecule has 18 aromatic carbocycles. The van der Waals surface area contributed by atoms with Crippen LogP contribution in [0.1, 0.15) is 25.0 Å². The molecule has 1 aliphatic carbocycles. The lowest BCUT2D eigenvalue weighted by Gasteiger charge is -2.31. The summed E-state index contributed by atoms with van der Waals surface area (Å²) in [5, 5.41) is 12.4. The van der Waals surface area contributed by atoms with E-state index in [2.05, 4.69) is 423 Å². The zero-order valence-corrected chi connectivity index (χ0v) is 63.3. The third-order valence-corrected chi connectivity index (χ3v) is 25.8. The Morgan fingerprint density at radius 2 is 0.661 bits per heavy atom. The molecule has 0 bridgehead atoms. The van der Waals surface area contributed by atoms with Crippen molar-refractivity contribution in [3.05, 3.63) is 405 Å². The lowest BCUT2D eigenvalue weighted by Crippen LogP contribution is -2.16. The largest absolute Gasteiger partial charge is 0.310 e. The summed E-state index contributed by atoms with van der Waals surface area (Å²) in [7, 11) is 0. The van der Waals surface area contributed by atoms with Gasteiger partial charge >= 0.3 is 0 Å². The van der Waals surface area contributed by atoms with E-state index in [1.807, 2.05) is 22.7 Å². The van der Waals surface area contributed by atoms with Gasteiger partial charge in [-0.2, -0.15) is 0 Å². The van der Waals surface area contributed by atoms with Gasteiger partial charge < -0.3 is 14.4 Å². The first-order valence-electron chi connectivity index (χ1n) is 38.6. The third-order valence-electron chi connectivity index (χ3n) is 23.6. The van der Waals surface area contributed by atoms with E-state index < -0.39 is 0 Å². The molecule has 3 aromatic heterocycles. The normalized spacial score (nSPS) is 12.4. The molecule has 21 aromatic rings. The number of hydrogen-bond acceptors (Lipinski definition) is 4. The number of para-hydroxylation sites is 4. The lowest BCUT2D eigenvalue weighted by atomic mass is 9.78. The van der Waals surface area contributed by atoms with Gasteiger partial charge in [-0.1, -0.05) is 311 Å². The molecule has 112 heavy (non-hydrogen) atoms. The van der Waals surface area contributed by atoms with E-state index in [4.69, 9.17) is 0 Å². The van der Waals surface area contributed by atoms with Crippen LogP contribution in [-0.2, 0) is 5.41 Å². The molecule has 0 atom stereocenters. The minimum absolute atomic E-state index is 0.277. The molecule has 0 amide bonds. The molecule has 0 saturated carbocycles. The van der Waals surface area contributed by atoms with Crippen molar-refractivity contribution < 1.29 is 0 Å². The van der Waals surface area contributed by atoms with Crippen LogP contribution in [0.4, 0.5) is 34.1 Å². The fourth-order valence-corrected chi connectivity index (χ4v) is 20.7. The van der Waals surface area contributed by atoms with Crippen LogP contribution >= 0.6 is 22.7 Å². The predicted molar refractivity (Wildman–Crippen MR) is 481 cm³/mol. The number of thiophene rings is 2. The van der Waals surface area contributed by atoms with Crippen molar-refractivity contribution in [2.24, 2.45) is 0 Å². The van der Waals surface area contributed by atoms with E-state index in [0.717, 1.165) is 84.2 Å². The van der Waals surface area contributed by atoms with Crippen molar-refractivity contribution in [3.8, 4) is 83.6 Å². The molecule has 22 rings (SSSR count). The molecule has 0 unspecified atom stereocenters. The van der Waals surface area contributed by atoms with Crippen LogP contribution in [0.3, 0.4) is 0 Å². The molecule has 0 spiro atoms. The topological polar surface area (TPSA) is 11.4 Å². The zero-order chi connectivity index (χ0) is 74.1. The minimum atomic E-state index is -0.277. The van der Waals surface area contributed by atoms with Crippen molar-refractivity contribution in [1.29, 1.82) is 0 Å². The van der Waals surface area contributed by atoms with E-state index in [-0.39, 0.29) is 5.41 Å². The van der Waals surface area contributed by atoms with Crippen LogP contribution in [0.15, 0.2) is 394 Å². The summed E-state index contributed by atoms with van der Waals surface area (Å²) in [6.45, 7) is 4.84. The highest BCUT2D eigenvalue weighted by Gasteiger charge is 2.38. The standard InChI is InChI=1S/C107H71N3S2/c1-107(2)95-41-17-13-35-86(95)94-62-76(61-93(106(94)107)72-47-52-77(53-48-72)108(78-54-59-91-89-38-16-22-46-102(89)111-104(91)66-78)100-63-74(50-56-84(100)70-25-5-3-6-26-70)82-39-23-31-68-29-9-11-33-80(68)82)73-49-58-90-92-60-55-79(67-105(92)112-103(90)65-73)109(98-44-20-21-45-99(98)110-96-42-18-14-36-87(96)88-37-15-19-43-97(88)110)101-64-75(51-57-85(101)71-27-7-4-8-28-71)83-40-24-32-69-30-10-12-34-81(69)83/h3-67H,1-2H3. The van der Waals surface area contributed by atoms with Crippen molar-refractivity contribution in [2.75, 3.05) is 9.80 Å². The number of benzene rings is 18. The molecule has 3 nitrogen and oxygen atoms in total. The Labute approximate surface area is 658 Å². The highest BCUT2D eigenvalue weighted by atomic mass is 32.1. The van der Waals surface area contributed by atoms with Crippen LogP contribution in [0.5, 0.6) is 0 Å². The summed E-state index contributed by atoms with van der Waals surface area (Å²) in [4.78, 5) is 5.05. The van der Waals surface area contributed by atoms with E-state index >= 15 is 0 Å². The maximum Gasteiger partial charge on any atom is 0.0702 e. The van der Waals surface area contributed by atoms with Crippen molar-refractivity contribution in [2.45, 2.75) is 19.3 Å². The quantitative estimate of drug-likeness (QED) is 0.114. The molecule has 1 aliphatic rings. The predicted octanol–water partition coefficient (Wildman–Crippen LogP) is 31.1. The fourth-order valence-electron chi connectivity index (χ4n) is 18.4. The molecule has 3 heterocycles. The average Bonchev–Trinajstić information content (AvgIpc) is 1.50. The smallest absolute Gasteiger partial charge is 0.0702 e. The van der Waals surface area contributed by atoms with E-state index in [1.165, 1.54) is 128 Å².